The van der Waals surface area contributed by atoms with Gasteiger partial charge < -0.3 is 10.2 Å². The first kappa shape index (κ1) is 9.15. The number of aliphatic hydroxyl groups is 1. The molecule has 0 aliphatic heterocycles. The lowest BCUT2D eigenvalue weighted by Gasteiger charge is -2.10. The van der Waals surface area contributed by atoms with Crippen molar-refractivity contribution < 1.29 is 15.0 Å². The Hall–Kier alpha value is -1.42. The lowest BCUT2D eigenvalue weighted by Crippen LogP contribution is -2.23. The van der Waals surface area contributed by atoms with Gasteiger partial charge in [-0.25, -0.2) is 0 Å². The van der Waals surface area contributed by atoms with E-state index in [-0.39, 0.29) is 12.5 Å². The van der Waals surface area contributed by atoms with E-state index in [9.17, 15) is 4.79 Å². The third-order valence-electron chi connectivity index (χ3n) is 2.88. The molecule has 1 aliphatic carbocycles. The maximum absolute atomic E-state index is 11.1. The molecular weight excluding hydrogens is 182 g/mol. The van der Waals surface area contributed by atoms with Gasteiger partial charge in [0.15, 0.2) is 0 Å². The molecule has 2 N–H and O–H groups in total. The molecule has 1 aromatic heterocycles. The molecule has 1 aliphatic rings. The average molecular weight is 193 g/mol. The number of hydrogen-bond acceptors (Lipinski definition) is 3. The van der Waals surface area contributed by atoms with E-state index >= 15 is 0 Å². The predicted molar refractivity (Wildman–Crippen MR) is 48.7 cm³/mol. The molecule has 1 aromatic rings. The minimum atomic E-state index is -0.886. The summed E-state index contributed by atoms with van der Waals surface area (Å²) in [5.41, 5.74) is -0.199. The zero-order chi connectivity index (χ0) is 10.2. The Kier molecular flexibility index (Phi) is 2.00. The van der Waals surface area contributed by atoms with Gasteiger partial charge in [-0.1, -0.05) is 6.07 Å². The Morgan fingerprint density at radius 3 is 2.93 bits per heavy atom. The molecule has 2 unspecified atom stereocenters. The second kappa shape index (κ2) is 3.06. The van der Waals surface area contributed by atoms with Crippen molar-refractivity contribution in [3.05, 3.63) is 30.1 Å². The van der Waals surface area contributed by atoms with E-state index in [2.05, 4.69) is 4.98 Å². The van der Waals surface area contributed by atoms with Gasteiger partial charge in [-0.3, -0.25) is 9.78 Å². The third-order valence-corrected chi connectivity index (χ3v) is 2.88. The molecule has 0 radical (unpaired) electrons. The molecule has 0 bridgehead atoms. The zero-order valence-corrected chi connectivity index (χ0v) is 7.55. The first-order chi connectivity index (χ1) is 6.71. The van der Waals surface area contributed by atoms with Crippen molar-refractivity contribution in [1.82, 2.24) is 4.98 Å². The molecule has 0 aromatic carbocycles. The topological polar surface area (TPSA) is 70.4 Å². The van der Waals surface area contributed by atoms with Crippen LogP contribution in [0.3, 0.4) is 0 Å². The first-order valence-electron chi connectivity index (χ1n) is 4.46. The van der Waals surface area contributed by atoms with Crippen LogP contribution in [-0.4, -0.2) is 27.8 Å². The standard InChI is InChI=1S/C10H11NO3/c12-6-8-4-10(8,9(13)14)7-2-1-3-11-5-7/h1-3,5,8,12H,4,6H2,(H,13,14). The van der Waals surface area contributed by atoms with E-state index in [0.717, 1.165) is 0 Å². The highest BCUT2D eigenvalue weighted by atomic mass is 16.4. The largest absolute Gasteiger partial charge is 0.481 e. The second-order valence-corrected chi connectivity index (χ2v) is 3.60. The zero-order valence-electron chi connectivity index (χ0n) is 7.55. The summed E-state index contributed by atoms with van der Waals surface area (Å²) in [6.07, 6.45) is 3.67. The fraction of sp³-hybridized carbons (Fsp3) is 0.400. The quantitative estimate of drug-likeness (QED) is 0.729. The summed E-state index contributed by atoms with van der Waals surface area (Å²) in [6.45, 7) is -0.0821. The molecular formula is C10H11NO3. The Labute approximate surface area is 81.2 Å². The van der Waals surface area contributed by atoms with Gasteiger partial charge in [0, 0.05) is 24.9 Å². The summed E-state index contributed by atoms with van der Waals surface area (Å²) in [7, 11) is 0. The van der Waals surface area contributed by atoms with E-state index in [1.165, 1.54) is 0 Å². The van der Waals surface area contributed by atoms with E-state index in [0.29, 0.717) is 12.0 Å². The fourth-order valence-electron chi connectivity index (χ4n) is 1.92. The van der Waals surface area contributed by atoms with Crippen LogP contribution in [0, 0.1) is 5.92 Å². The smallest absolute Gasteiger partial charge is 0.314 e. The molecule has 0 saturated heterocycles. The maximum Gasteiger partial charge on any atom is 0.314 e. The highest BCUT2D eigenvalue weighted by molar-refractivity contribution is 5.85. The molecule has 4 heteroatoms. The maximum atomic E-state index is 11.1. The summed E-state index contributed by atoms with van der Waals surface area (Å²) in [5, 5.41) is 18.1. The van der Waals surface area contributed by atoms with Crippen LogP contribution in [-0.2, 0) is 10.2 Å². The number of rotatable bonds is 3. The van der Waals surface area contributed by atoms with E-state index in [4.69, 9.17) is 10.2 Å². The van der Waals surface area contributed by atoms with Crippen molar-refractivity contribution >= 4 is 5.97 Å². The van der Waals surface area contributed by atoms with E-state index in [1.807, 2.05) is 0 Å². The van der Waals surface area contributed by atoms with Crippen LogP contribution in [0.25, 0.3) is 0 Å². The van der Waals surface area contributed by atoms with Crippen LogP contribution in [0.15, 0.2) is 24.5 Å². The summed E-state index contributed by atoms with van der Waals surface area (Å²) < 4.78 is 0. The minimum absolute atomic E-state index is 0.0821. The number of aromatic nitrogens is 1. The van der Waals surface area contributed by atoms with Crippen molar-refractivity contribution in [2.45, 2.75) is 11.8 Å². The van der Waals surface area contributed by atoms with Gasteiger partial charge in [0.2, 0.25) is 0 Å². The van der Waals surface area contributed by atoms with Gasteiger partial charge in [0.05, 0.1) is 5.41 Å². The lowest BCUT2D eigenvalue weighted by molar-refractivity contribution is -0.140. The SMILES string of the molecule is O=C(O)C1(c2cccnc2)CC1CO. The second-order valence-electron chi connectivity index (χ2n) is 3.60. The number of aliphatic hydroxyl groups excluding tert-OH is 1. The Morgan fingerprint density at radius 1 is 1.71 bits per heavy atom. The monoisotopic (exact) mass is 193 g/mol. The number of carboxylic acid groups (broad SMARTS) is 1. The molecule has 2 atom stereocenters. The molecule has 1 saturated carbocycles. The van der Waals surface area contributed by atoms with Crippen LogP contribution >= 0.6 is 0 Å². The van der Waals surface area contributed by atoms with Gasteiger partial charge in [-0.2, -0.15) is 0 Å². The van der Waals surface area contributed by atoms with Crippen LogP contribution in [0.2, 0.25) is 0 Å². The Balaban J connectivity index is 2.36. The van der Waals surface area contributed by atoms with Crippen molar-refractivity contribution in [2.24, 2.45) is 5.92 Å². The lowest BCUT2D eigenvalue weighted by atomic mass is 9.95. The summed E-state index contributed by atoms with van der Waals surface area (Å²) in [6, 6.07) is 3.46. The van der Waals surface area contributed by atoms with Crippen molar-refractivity contribution in [1.29, 1.82) is 0 Å². The van der Waals surface area contributed by atoms with Gasteiger partial charge in [-0.05, 0) is 18.1 Å². The number of aliphatic carboxylic acids is 1. The van der Waals surface area contributed by atoms with Crippen LogP contribution in [0.1, 0.15) is 12.0 Å². The van der Waals surface area contributed by atoms with Gasteiger partial charge in [-0.15, -0.1) is 0 Å². The molecule has 0 spiro atoms. The minimum Gasteiger partial charge on any atom is -0.481 e. The Bertz CT molecular complexity index is 352. The number of nitrogens with zero attached hydrogens (tertiary/aromatic N) is 1. The van der Waals surface area contributed by atoms with Crippen molar-refractivity contribution in [2.75, 3.05) is 6.61 Å². The highest BCUT2D eigenvalue weighted by Gasteiger charge is 2.61. The molecule has 0 amide bonds. The molecule has 1 heterocycles. The molecule has 74 valence electrons. The molecule has 4 nitrogen and oxygen atoms in total. The van der Waals surface area contributed by atoms with Crippen LogP contribution < -0.4 is 0 Å². The van der Waals surface area contributed by atoms with Gasteiger partial charge in [0.25, 0.3) is 0 Å². The number of carbonyl (C=O) groups is 1. The van der Waals surface area contributed by atoms with E-state index in [1.54, 1.807) is 24.5 Å². The molecule has 14 heavy (non-hydrogen) atoms. The number of hydrogen-bond donors (Lipinski definition) is 2. The van der Waals surface area contributed by atoms with Crippen LogP contribution in [0.4, 0.5) is 0 Å². The molecule has 1 fully saturated rings. The summed E-state index contributed by atoms with van der Waals surface area (Å²) >= 11 is 0. The highest BCUT2D eigenvalue weighted by Crippen LogP contribution is 2.53. The normalized spacial score (nSPS) is 29.9. The number of carboxylic acids is 1. The fourth-order valence-corrected chi connectivity index (χ4v) is 1.92. The summed E-state index contributed by atoms with van der Waals surface area (Å²) in [4.78, 5) is 15.0. The number of pyridine rings is 1. The predicted octanol–water partition coefficient (Wildman–Crippen LogP) is 0.416. The van der Waals surface area contributed by atoms with E-state index < -0.39 is 11.4 Å². The average Bonchev–Trinajstić information content (AvgIpc) is 2.94. The first-order valence-corrected chi connectivity index (χ1v) is 4.46. The third kappa shape index (κ3) is 1.11. The Morgan fingerprint density at radius 2 is 2.50 bits per heavy atom. The van der Waals surface area contributed by atoms with Crippen molar-refractivity contribution in [3.63, 3.8) is 0 Å². The van der Waals surface area contributed by atoms with Gasteiger partial charge in [0.1, 0.15) is 0 Å². The molecule has 2 rings (SSSR count). The van der Waals surface area contributed by atoms with Gasteiger partial charge >= 0.3 is 5.97 Å². The summed E-state index contributed by atoms with van der Waals surface area (Å²) in [5.74, 6) is -1.03. The van der Waals surface area contributed by atoms with Crippen LogP contribution in [0.5, 0.6) is 0 Å². The van der Waals surface area contributed by atoms with Crippen molar-refractivity contribution in [3.8, 4) is 0 Å².